The Kier molecular flexibility index (Phi) is 5.20. The first-order valence-electron chi connectivity index (χ1n) is 6.97. The van der Waals surface area contributed by atoms with Gasteiger partial charge in [-0.15, -0.1) is 6.58 Å². The normalized spacial score (nSPS) is 17.9. The second kappa shape index (κ2) is 6.29. The molecule has 1 fully saturated rings. The number of carboxylic acids is 1. The van der Waals surface area contributed by atoms with Gasteiger partial charge in [-0.25, -0.2) is 9.59 Å². The highest BCUT2D eigenvalue weighted by molar-refractivity contribution is 5.80. The number of allylic oxidation sites excluding steroid dienone is 1. The van der Waals surface area contributed by atoms with Crippen LogP contribution in [0.2, 0.25) is 0 Å². The Bertz CT molecular complexity index is 380. The van der Waals surface area contributed by atoms with Gasteiger partial charge >= 0.3 is 12.1 Å². The Hall–Kier alpha value is -1.52. The summed E-state index contributed by atoms with van der Waals surface area (Å²) in [6.07, 6.45) is 5.26. The van der Waals surface area contributed by atoms with Crippen LogP contribution in [-0.2, 0) is 9.53 Å². The number of carboxylic acid groups (broad SMARTS) is 1. The molecule has 0 saturated heterocycles. The fraction of sp³-hybridized carbons (Fsp3) is 0.733. The molecular formula is C15H25NO4. The third-order valence-corrected chi connectivity index (χ3v) is 3.78. The summed E-state index contributed by atoms with van der Waals surface area (Å²) in [6, 6.07) is -0.960. The number of hydrogen-bond donors (Lipinski definition) is 2. The summed E-state index contributed by atoms with van der Waals surface area (Å²) in [5.74, 6) is -1.06. The van der Waals surface area contributed by atoms with Crippen LogP contribution in [-0.4, -0.2) is 29.8 Å². The quantitative estimate of drug-likeness (QED) is 0.704. The van der Waals surface area contributed by atoms with E-state index >= 15 is 0 Å². The third kappa shape index (κ3) is 4.87. The lowest BCUT2D eigenvalue weighted by atomic mass is 9.87. The lowest BCUT2D eigenvalue weighted by Crippen LogP contribution is -2.49. The highest BCUT2D eigenvalue weighted by Crippen LogP contribution is 2.51. The van der Waals surface area contributed by atoms with Crippen molar-refractivity contribution >= 4 is 12.1 Å². The molecule has 5 heteroatoms. The molecule has 1 saturated carbocycles. The summed E-state index contributed by atoms with van der Waals surface area (Å²) in [4.78, 5) is 22.8. The van der Waals surface area contributed by atoms with Crippen LogP contribution in [0.4, 0.5) is 4.79 Å². The Labute approximate surface area is 120 Å². The van der Waals surface area contributed by atoms with E-state index in [4.69, 9.17) is 9.84 Å². The van der Waals surface area contributed by atoms with Crippen LogP contribution < -0.4 is 5.32 Å². The van der Waals surface area contributed by atoms with Gasteiger partial charge in [0.1, 0.15) is 6.04 Å². The highest BCUT2D eigenvalue weighted by atomic mass is 16.5. The topological polar surface area (TPSA) is 75.6 Å². The molecule has 1 amide bonds. The molecule has 1 unspecified atom stereocenters. The number of carbonyl (C=O) groups is 2. The van der Waals surface area contributed by atoms with Crippen molar-refractivity contribution in [2.75, 3.05) is 6.61 Å². The van der Waals surface area contributed by atoms with E-state index in [1.54, 1.807) is 20.8 Å². The number of alkyl carbamates (subject to hydrolysis) is 1. The standard InChI is InChI=1S/C15H25NO4/c1-5-6-15(7-8-15)9-10-20-13(19)16-11(12(17)18)14(2,3)4/h5,11H,1,6-10H2,2-4H3,(H,16,19)(H,17,18). The van der Waals surface area contributed by atoms with Gasteiger partial charge in [-0.2, -0.15) is 0 Å². The summed E-state index contributed by atoms with van der Waals surface area (Å²) in [7, 11) is 0. The molecule has 1 atom stereocenters. The molecule has 1 rings (SSSR count). The van der Waals surface area contributed by atoms with Crippen LogP contribution in [0, 0.1) is 10.8 Å². The Morgan fingerprint density at radius 1 is 1.45 bits per heavy atom. The number of rotatable bonds is 7. The molecule has 0 bridgehead atoms. The predicted molar refractivity (Wildman–Crippen MR) is 76.5 cm³/mol. The summed E-state index contributed by atoms with van der Waals surface area (Å²) >= 11 is 0. The molecule has 114 valence electrons. The average molecular weight is 283 g/mol. The molecule has 0 aromatic carbocycles. The number of hydrogen-bond acceptors (Lipinski definition) is 3. The summed E-state index contributed by atoms with van der Waals surface area (Å²) in [5, 5.41) is 11.5. The van der Waals surface area contributed by atoms with Crippen molar-refractivity contribution in [1.82, 2.24) is 5.32 Å². The molecule has 2 N–H and O–H groups in total. The number of carbonyl (C=O) groups excluding carboxylic acids is 1. The van der Waals surface area contributed by atoms with E-state index < -0.39 is 23.5 Å². The first-order valence-corrected chi connectivity index (χ1v) is 6.97. The second-order valence-corrected chi connectivity index (χ2v) is 6.66. The maximum Gasteiger partial charge on any atom is 0.407 e. The van der Waals surface area contributed by atoms with Crippen LogP contribution >= 0.6 is 0 Å². The Morgan fingerprint density at radius 2 is 2.05 bits per heavy atom. The van der Waals surface area contributed by atoms with Crippen molar-refractivity contribution in [3.63, 3.8) is 0 Å². The molecule has 0 heterocycles. The molecule has 0 spiro atoms. The van der Waals surface area contributed by atoms with E-state index in [9.17, 15) is 9.59 Å². The number of nitrogens with one attached hydrogen (secondary N) is 1. The van der Waals surface area contributed by atoms with Gasteiger partial charge in [-0.05, 0) is 36.5 Å². The fourth-order valence-corrected chi connectivity index (χ4v) is 2.21. The van der Waals surface area contributed by atoms with Crippen LogP contribution in [0.3, 0.4) is 0 Å². The summed E-state index contributed by atoms with van der Waals surface area (Å²) in [6.45, 7) is 9.32. The zero-order valence-corrected chi connectivity index (χ0v) is 12.6. The molecule has 1 aliphatic rings. The zero-order valence-electron chi connectivity index (χ0n) is 12.6. The molecule has 5 nitrogen and oxygen atoms in total. The minimum absolute atomic E-state index is 0.262. The third-order valence-electron chi connectivity index (χ3n) is 3.78. The largest absolute Gasteiger partial charge is 0.480 e. The molecule has 20 heavy (non-hydrogen) atoms. The highest BCUT2D eigenvalue weighted by Gasteiger charge is 2.41. The van der Waals surface area contributed by atoms with Gasteiger partial charge in [0, 0.05) is 0 Å². The molecule has 1 aliphatic carbocycles. The van der Waals surface area contributed by atoms with Crippen molar-refractivity contribution in [1.29, 1.82) is 0 Å². The minimum Gasteiger partial charge on any atom is -0.480 e. The van der Waals surface area contributed by atoms with E-state index in [0.717, 1.165) is 25.7 Å². The van der Waals surface area contributed by atoms with Crippen molar-refractivity contribution in [2.24, 2.45) is 10.8 Å². The van der Waals surface area contributed by atoms with E-state index in [-0.39, 0.29) is 5.41 Å². The van der Waals surface area contributed by atoms with Gasteiger partial charge in [0.25, 0.3) is 0 Å². The molecule has 0 aromatic rings. The fourth-order valence-electron chi connectivity index (χ4n) is 2.21. The van der Waals surface area contributed by atoms with Gasteiger partial charge in [-0.3, -0.25) is 0 Å². The molecule has 0 radical (unpaired) electrons. The van der Waals surface area contributed by atoms with Crippen molar-refractivity contribution in [3.05, 3.63) is 12.7 Å². The number of amides is 1. The lowest BCUT2D eigenvalue weighted by Gasteiger charge is -2.27. The van der Waals surface area contributed by atoms with Gasteiger partial charge in [0.2, 0.25) is 0 Å². The Balaban J connectivity index is 2.36. The van der Waals surface area contributed by atoms with E-state index in [2.05, 4.69) is 11.9 Å². The van der Waals surface area contributed by atoms with Gasteiger partial charge < -0.3 is 15.2 Å². The van der Waals surface area contributed by atoms with Crippen LogP contribution in [0.5, 0.6) is 0 Å². The van der Waals surface area contributed by atoms with Crippen LogP contribution in [0.25, 0.3) is 0 Å². The maximum absolute atomic E-state index is 11.7. The average Bonchev–Trinajstić information content (AvgIpc) is 3.04. The molecule has 0 aromatic heterocycles. The van der Waals surface area contributed by atoms with E-state index in [0.29, 0.717) is 6.61 Å². The monoisotopic (exact) mass is 283 g/mol. The second-order valence-electron chi connectivity index (χ2n) is 6.66. The minimum atomic E-state index is -1.06. The van der Waals surface area contributed by atoms with Crippen molar-refractivity contribution < 1.29 is 19.4 Å². The lowest BCUT2D eigenvalue weighted by molar-refractivity contribution is -0.142. The summed E-state index contributed by atoms with van der Waals surface area (Å²) in [5.41, 5.74) is -0.302. The van der Waals surface area contributed by atoms with Crippen molar-refractivity contribution in [2.45, 2.75) is 52.5 Å². The van der Waals surface area contributed by atoms with E-state index in [1.807, 2.05) is 6.08 Å². The van der Waals surface area contributed by atoms with Crippen LogP contribution in [0.15, 0.2) is 12.7 Å². The predicted octanol–water partition coefficient (Wildman–Crippen LogP) is 2.96. The zero-order chi connectivity index (χ0) is 15.4. The number of aliphatic carboxylic acids is 1. The van der Waals surface area contributed by atoms with Gasteiger partial charge in [0.15, 0.2) is 0 Å². The van der Waals surface area contributed by atoms with E-state index in [1.165, 1.54) is 0 Å². The summed E-state index contributed by atoms with van der Waals surface area (Å²) < 4.78 is 5.09. The maximum atomic E-state index is 11.7. The Morgan fingerprint density at radius 3 is 2.45 bits per heavy atom. The molecule has 0 aliphatic heterocycles. The van der Waals surface area contributed by atoms with Gasteiger partial charge in [-0.1, -0.05) is 26.8 Å². The smallest absolute Gasteiger partial charge is 0.407 e. The SMILES string of the molecule is C=CCC1(CCOC(=O)NC(C(=O)O)C(C)(C)C)CC1. The molecular weight excluding hydrogens is 258 g/mol. The first kappa shape index (κ1) is 16.5. The first-order chi connectivity index (χ1) is 9.20. The van der Waals surface area contributed by atoms with Gasteiger partial charge in [0.05, 0.1) is 6.61 Å². The van der Waals surface area contributed by atoms with Crippen molar-refractivity contribution in [3.8, 4) is 0 Å². The number of ether oxygens (including phenoxy) is 1. The van der Waals surface area contributed by atoms with Crippen LogP contribution in [0.1, 0.15) is 46.5 Å².